The van der Waals surface area contributed by atoms with Crippen LogP contribution in [0, 0.1) is 22.7 Å². The van der Waals surface area contributed by atoms with E-state index in [4.69, 9.17) is 42.0 Å². The topological polar surface area (TPSA) is 220 Å². The van der Waals surface area contributed by atoms with Crippen molar-refractivity contribution in [2.45, 2.75) is 159 Å². The summed E-state index contributed by atoms with van der Waals surface area (Å²) >= 11 is 0. The van der Waals surface area contributed by atoms with Gasteiger partial charge in [0.1, 0.15) is 25.1 Å². The van der Waals surface area contributed by atoms with E-state index >= 15 is 0 Å². The molecule has 0 aromatic heterocycles. The summed E-state index contributed by atoms with van der Waals surface area (Å²) in [7, 11) is -8.96. The predicted molar refractivity (Wildman–Crippen MR) is 274 cm³/mol. The number of esters is 4. The molecule has 1 aliphatic heterocycles. The average molecular weight is 1130 g/mol. The van der Waals surface area contributed by atoms with Gasteiger partial charge in [-0.3, -0.25) is 19.2 Å². The van der Waals surface area contributed by atoms with E-state index in [-0.39, 0.29) is 98.4 Å². The number of ether oxygens (including phenoxy) is 8. The Morgan fingerprint density at radius 3 is 1.58 bits per heavy atom. The fourth-order valence-corrected chi connectivity index (χ4v) is 13.4. The van der Waals surface area contributed by atoms with Crippen molar-refractivity contribution in [3.05, 3.63) is 34.6 Å². The molecule has 24 heteroatoms. The molecule has 0 bridgehead atoms. The molecule has 1 heterocycles. The third-order valence-electron chi connectivity index (χ3n) is 10.7. The number of amides is 1. The number of benzene rings is 1. The van der Waals surface area contributed by atoms with Crippen molar-refractivity contribution in [3.8, 4) is 5.75 Å². The SMILES string of the molecule is CCC(C)(C)C(=O)OCCC[Si](C)(C)O[Si](C)(C)C.CCC(C)(C)C(=O)Oc1ccc(C(=O)[N-]S(=O)(=O)C(F)(F)F)cc1.CCC(C)C(=O)OCCOCC1CO1.CCOCCOCCOC(=O)C(C)CC.[K+]. The third kappa shape index (κ3) is 36.8. The number of carbonyl (C=O) groups is 5. The van der Waals surface area contributed by atoms with Gasteiger partial charge in [-0.2, -0.15) is 13.2 Å². The van der Waals surface area contributed by atoms with Crippen LogP contribution in [0.3, 0.4) is 0 Å². The summed E-state index contributed by atoms with van der Waals surface area (Å²) in [4.78, 5) is 57.6. The second-order valence-electron chi connectivity index (χ2n) is 19.7. The molecule has 0 radical (unpaired) electrons. The molecule has 0 saturated carbocycles. The number of nitrogens with zero attached hydrogens (tertiary/aromatic N) is 1. The Balaban J connectivity index is -0.000000911. The fraction of sp³-hybridized carbons (Fsp3) is 0.776. The molecule has 73 heavy (non-hydrogen) atoms. The molecule has 0 aliphatic carbocycles. The molecule has 420 valence electrons. The second kappa shape index (κ2) is 37.9. The summed E-state index contributed by atoms with van der Waals surface area (Å²) in [5.41, 5.74) is -7.13. The molecule has 17 nitrogen and oxygen atoms in total. The van der Waals surface area contributed by atoms with E-state index < -0.39 is 55.0 Å². The Hall–Kier alpha value is -1.82. The molecule has 0 spiro atoms. The molecule has 1 saturated heterocycles. The van der Waals surface area contributed by atoms with Gasteiger partial charge in [-0.05, 0) is 130 Å². The first-order valence-corrected chi connectivity index (χ1v) is 32.6. The predicted octanol–water partition coefficient (Wildman–Crippen LogP) is 7.43. The molecule has 2 rings (SSSR count). The summed E-state index contributed by atoms with van der Waals surface area (Å²) < 4.78 is 107. The van der Waals surface area contributed by atoms with Crippen LogP contribution >= 0.6 is 0 Å². The van der Waals surface area contributed by atoms with Crippen molar-refractivity contribution in [1.29, 1.82) is 0 Å². The van der Waals surface area contributed by atoms with E-state index in [1.807, 2.05) is 55.4 Å². The van der Waals surface area contributed by atoms with Gasteiger partial charge in [-0.1, -0.05) is 41.5 Å². The van der Waals surface area contributed by atoms with Gasteiger partial charge < -0.3 is 51.5 Å². The van der Waals surface area contributed by atoms with E-state index in [1.54, 1.807) is 20.8 Å². The van der Waals surface area contributed by atoms with Gasteiger partial charge in [0.05, 0.1) is 74.8 Å². The number of hydrogen-bond acceptors (Lipinski definition) is 16. The summed E-state index contributed by atoms with van der Waals surface area (Å²) in [5.74, 6) is -2.43. The Labute approximate surface area is 479 Å². The summed E-state index contributed by atoms with van der Waals surface area (Å²) in [6.07, 6.45) is 4.15. The molecular formula is C49H87F3KNO16SSi2. The maximum absolute atomic E-state index is 12.2. The minimum Gasteiger partial charge on any atom is -0.534 e. The Morgan fingerprint density at radius 1 is 0.699 bits per heavy atom. The fourth-order valence-electron chi connectivity index (χ4n) is 4.91. The zero-order chi connectivity index (χ0) is 56.0. The maximum atomic E-state index is 12.2. The largest absolute Gasteiger partial charge is 1.00 e. The van der Waals surface area contributed by atoms with Crippen LogP contribution < -0.4 is 56.1 Å². The van der Waals surface area contributed by atoms with Crippen molar-refractivity contribution in [2.75, 3.05) is 66.1 Å². The average Bonchev–Trinajstić information content (AvgIpc) is 4.13. The van der Waals surface area contributed by atoms with E-state index in [0.29, 0.717) is 65.9 Å². The van der Waals surface area contributed by atoms with Crippen molar-refractivity contribution < 1.29 is 139 Å². The first-order chi connectivity index (χ1) is 33.1. The van der Waals surface area contributed by atoms with Crippen LogP contribution in [0.1, 0.15) is 119 Å². The quantitative estimate of drug-likeness (QED) is 0.0190. The number of carbonyl (C=O) groups excluding carboxylic acids is 5. The zero-order valence-corrected chi connectivity index (χ0v) is 52.8. The van der Waals surface area contributed by atoms with Gasteiger partial charge in [-0.25, -0.2) is 8.42 Å². The standard InChI is InChI=1S/C14H16F3NO5S.C14H32O3Si2.C11H22O4.C10H18O4.K/c1-4-13(2,3)12(20)23-10-7-5-9(6-8-10)11(19)18-24(21,22)14(15,16)17;1-9-14(2,3)13(15)16-11-10-12-19(7,8)17-18(4,5)6;1-4-10(3)11(12)15-9-8-14-7-6-13-5-2;1-3-8(2)10(11)13-5-4-12-6-9-7-14-9;/h5-8H,4H2,1-3H3,(H,18,19);9-12H2,1-8H3;10H,4-9H2,1-3H3;8-9H,3-7H2,1-2H3;/q;;;;+1/p-1. The van der Waals surface area contributed by atoms with E-state index in [2.05, 4.69) is 37.5 Å². The molecule has 1 aromatic carbocycles. The molecule has 1 aliphatic rings. The Morgan fingerprint density at radius 2 is 1.15 bits per heavy atom. The molecule has 3 atom stereocenters. The van der Waals surface area contributed by atoms with Crippen LogP contribution in [0.25, 0.3) is 4.72 Å². The van der Waals surface area contributed by atoms with Crippen LogP contribution in [-0.2, 0) is 66.5 Å². The number of halogens is 3. The van der Waals surface area contributed by atoms with E-state index in [9.17, 15) is 45.6 Å². The van der Waals surface area contributed by atoms with Crippen molar-refractivity contribution >= 4 is 56.4 Å². The smallest absolute Gasteiger partial charge is 0.534 e. The van der Waals surface area contributed by atoms with Gasteiger partial charge >= 0.3 is 80.8 Å². The first-order valence-electron chi connectivity index (χ1n) is 24.6. The molecule has 1 fully saturated rings. The van der Waals surface area contributed by atoms with Crippen LogP contribution in [0.15, 0.2) is 24.3 Å². The Bertz CT molecular complexity index is 1850. The molecule has 1 amide bonds. The normalized spacial score (nSPS) is 14.4. The summed E-state index contributed by atoms with van der Waals surface area (Å²) in [6, 6.07) is 5.40. The summed E-state index contributed by atoms with van der Waals surface area (Å²) in [5, 5.41) is 0. The number of sulfonamides is 1. The minimum absolute atomic E-state index is 0. The first kappa shape index (κ1) is 75.4. The van der Waals surface area contributed by atoms with Crippen LogP contribution in [0.2, 0.25) is 38.8 Å². The molecular weight excluding hydrogens is 1040 g/mol. The Kier molecular flexibility index (Phi) is 39.1. The van der Waals surface area contributed by atoms with Crippen molar-refractivity contribution in [2.24, 2.45) is 22.7 Å². The number of epoxide rings is 1. The van der Waals surface area contributed by atoms with Gasteiger partial charge in [0.15, 0.2) is 26.7 Å². The van der Waals surface area contributed by atoms with Crippen molar-refractivity contribution in [3.63, 3.8) is 0 Å². The number of alkyl halides is 3. The third-order valence-corrected chi connectivity index (χ3v) is 17.9. The zero-order valence-electron chi connectivity index (χ0n) is 46.9. The van der Waals surface area contributed by atoms with Crippen LogP contribution in [0.5, 0.6) is 5.75 Å². The molecule has 0 N–H and O–H groups in total. The second-order valence-corrected chi connectivity index (χ2v) is 30.4. The van der Waals surface area contributed by atoms with Gasteiger partial charge in [-0.15, -0.1) is 0 Å². The number of hydrogen-bond donors (Lipinski definition) is 0. The van der Waals surface area contributed by atoms with Gasteiger partial charge in [0.2, 0.25) is 0 Å². The molecule has 3 unspecified atom stereocenters. The maximum Gasteiger partial charge on any atom is 1.00 e. The van der Waals surface area contributed by atoms with Gasteiger partial charge in [0, 0.05) is 12.2 Å². The summed E-state index contributed by atoms with van der Waals surface area (Å²) in [6.45, 7) is 37.2. The minimum atomic E-state index is -5.91. The van der Waals surface area contributed by atoms with E-state index in [1.165, 1.54) is 0 Å². The van der Waals surface area contributed by atoms with E-state index in [0.717, 1.165) is 62.6 Å². The van der Waals surface area contributed by atoms with Crippen LogP contribution in [-0.4, -0.2) is 133 Å². The van der Waals surface area contributed by atoms with Crippen molar-refractivity contribution in [1.82, 2.24) is 0 Å². The number of rotatable bonds is 29. The molecule has 1 aromatic rings. The van der Waals surface area contributed by atoms with Gasteiger partial charge in [0.25, 0.3) is 0 Å². The monoisotopic (exact) mass is 1130 g/mol. The van der Waals surface area contributed by atoms with Crippen LogP contribution in [0.4, 0.5) is 13.2 Å².